The van der Waals surface area contributed by atoms with Gasteiger partial charge in [-0.25, -0.2) is 0 Å². The smallest absolute Gasteiger partial charge is 0.0913 e. The van der Waals surface area contributed by atoms with E-state index in [0.29, 0.717) is 0 Å². The summed E-state index contributed by atoms with van der Waals surface area (Å²) in [4.78, 5) is 0. The summed E-state index contributed by atoms with van der Waals surface area (Å²) in [5.41, 5.74) is -0.182. The van der Waals surface area contributed by atoms with Crippen molar-refractivity contribution in [3.63, 3.8) is 0 Å². The van der Waals surface area contributed by atoms with Gasteiger partial charge in [-0.2, -0.15) is 0 Å². The Morgan fingerprint density at radius 2 is 1.40 bits per heavy atom. The second-order valence-electron chi connectivity index (χ2n) is 2.93. The van der Waals surface area contributed by atoms with Crippen LogP contribution in [0.5, 0.6) is 0 Å². The molecular weight excluding hydrogens is 120 g/mol. The molecule has 1 aliphatic rings. The van der Waals surface area contributed by atoms with Crippen LogP contribution in [0.2, 0.25) is 0 Å². The summed E-state index contributed by atoms with van der Waals surface area (Å²) in [5.74, 6) is 5.46. The molecule has 0 heteroatoms. The maximum Gasteiger partial charge on any atom is 0.0913 e. The first-order valence-corrected chi connectivity index (χ1v) is 3.78. The fourth-order valence-corrected chi connectivity index (χ4v) is 1.49. The zero-order valence-electron chi connectivity index (χ0n) is 6.19. The van der Waals surface area contributed by atoms with Crippen LogP contribution in [0.15, 0.2) is 0 Å². The number of hydrogen-bond donors (Lipinski definition) is 0. The molecule has 0 aromatic heterocycles. The molecule has 0 N–H and O–H groups in total. The van der Waals surface area contributed by atoms with Crippen molar-refractivity contribution in [2.75, 3.05) is 0 Å². The molecule has 1 saturated carbocycles. The van der Waals surface area contributed by atoms with E-state index in [1.165, 1.54) is 19.3 Å². The van der Waals surface area contributed by atoms with E-state index < -0.39 is 0 Å². The summed E-state index contributed by atoms with van der Waals surface area (Å²) < 4.78 is 0. The third kappa shape index (κ3) is 1.17. The van der Waals surface area contributed by atoms with Gasteiger partial charge in [0.1, 0.15) is 0 Å². The van der Waals surface area contributed by atoms with Crippen LogP contribution in [0.25, 0.3) is 0 Å². The van der Waals surface area contributed by atoms with Gasteiger partial charge in [0.2, 0.25) is 0 Å². The first-order chi connectivity index (χ1) is 4.83. The molecule has 1 aliphatic carbocycles. The van der Waals surface area contributed by atoms with Crippen LogP contribution in [0, 0.1) is 30.1 Å². The molecule has 0 atom stereocenters. The lowest BCUT2D eigenvalue weighted by atomic mass is 9.76. The second kappa shape index (κ2) is 2.80. The molecule has 10 heavy (non-hydrogen) atoms. The standard InChI is InChI=1S/C10H12/c1-3-10(4-2)8-6-5-7-9-10/h1-2H,5-9H2. The van der Waals surface area contributed by atoms with E-state index >= 15 is 0 Å². The Morgan fingerprint density at radius 3 is 1.70 bits per heavy atom. The summed E-state index contributed by atoms with van der Waals surface area (Å²) in [6.07, 6.45) is 16.5. The van der Waals surface area contributed by atoms with E-state index in [2.05, 4.69) is 11.8 Å². The van der Waals surface area contributed by atoms with E-state index in [1.54, 1.807) is 0 Å². The molecular formula is C10H12. The molecule has 0 unspecified atom stereocenters. The minimum Gasteiger partial charge on any atom is -0.118 e. The molecule has 0 radical (unpaired) electrons. The zero-order chi connectivity index (χ0) is 7.45. The van der Waals surface area contributed by atoms with Crippen LogP contribution in [0.4, 0.5) is 0 Å². The first-order valence-electron chi connectivity index (χ1n) is 3.78. The first kappa shape index (κ1) is 7.23. The van der Waals surface area contributed by atoms with Crippen LogP contribution in [-0.4, -0.2) is 0 Å². The van der Waals surface area contributed by atoms with E-state index in [9.17, 15) is 0 Å². The summed E-state index contributed by atoms with van der Waals surface area (Å²) in [6, 6.07) is 0. The fourth-order valence-electron chi connectivity index (χ4n) is 1.49. The summed E-state index contributed by atoms with van der Waals surface area (Å²) in [7, 11) is 0. The molecule has 0 aromatic rings. The van der Waals surface area contributed by atoms with Crippen LogP contribution in [0.3, 0.4) is 0 Å². The van der Waals surface area contributed by atoms with Crippen LogP contribution in [0.1, 0.15) is 32.1 Å². The molecule has 0 amide bonds. The Balaban J connectivity index is 2.67. The van der Waals surface area contributed by atoms with Gasteiger partial charge >= 0.3 is 0 Å². The average Bonchev–Trinajstić information content (AvgIpc) is 2.06. The Bertz CT molecular complexity index is 165. The van der Waals surface area contributed by atoms with Crippen LogP contribution < -0.4 is 0 Å². The highest BCUT2D eigenvalue weighted by molar-refractivity contribution is 5.21. The maximum absolute atomic E-state index is 5.36. The van der Waals surface area contributed by atoms with Crippen molar-refractivity contribution in [2.45, 2.75) is 32.1 Å². The van der Waals surface area contributed by atoms with Crippen molar-refractivity contribution in [1.82, 2.24) is 0 Å². The number of hydrogen-bond acceptors (Lipinski definition) is 0. The van der Waals surface area contributed by atoms with Crippen molar-refractivity contribution in [2.24, 2.45) is 5.41 Å². The van der Waals surface area contributed by atoms with Crippen molar-refractivity contribution in [3.05, 3.63) is 0 Å². The molecule has 0 heterocycles. The Hall–Kier alpha value is -0.880. The van der Waals surface area contributed by atoms with E-state index in [4.69, 9.17) is 12.8 Å². The zero-order valence-corrected chi connectivity index (χ0v) is 6.19. The third-order valence-corrected chi connectivity index (χ3v) is 2.26. The Morgan fingerprint density at radius 1 is 0.900 bits per heavy atom. The molecule has 0 spiro atoms. The van der Waals surface area contributed by atoms with Gasteiger partial charge in [-0.15, -0.1) is 12.8 Å². The topological polar surface area (TPSA) is 0 Å². The molecule has 1 rings (SSSR count). The van der Waals surface area contributed by atoms with Gasteiger partial charge in [0.05, 0.1) is 5.41 Å². The SMILES string of the molecule is C#CC1(C#C)CCCCC1. The van der Waals surface area contributed by atoms with Gasteiger partial charge < -0.3 is 0 Å². The molecule has 0 aromatic carbocycles. The monoisotopic (exact) mass is 132 g/mol. The number of rotatable bonds is 0. The Kier molecular flexibility index (Phi) is 2.03. The van der Waals surface area contributed by atoms with Crippen molar-refractivity contribution in [3.8, 4) is 24.7 Å². The van der Waals surface area contributed by atoms with E-state index in [1.807, 2.05) is 0 Å². The quantitative estimate of drug-likeness (QED) is 0.443. The van der Waals surface area contributed by atoms with Crippen LogP contribution >= 0.6 is 0 Å². The largest absolute Gasteiger partial charge is 0.118 e. The van der Waals surface area contributed by atoms with Crippen molar-refractivity contribution >= 4 is 0 Å². The predicted octanol–water partition coefficient (Wildman–Crippen LogP) is 2.20. The highest BCUT2D eigenvalue weighted by Crippen LogP contribution is 2.34. The van der Waals surface area contributed by atoms with Gasteiger partial charge in [-0.3, -0.25) is 0 Å². The normalized spacial score (nSPS) is 22.6. The molecule has 52 valence electrons. The van der Waals surface area contributed by atoms with E-state index in [0.717, 1.165) is 12.8 Å². The maximum atomic E-state index is 5.36. The number of terminal acetylenes is 2. The van der Waals surface area contributed by atoms with Crippen LogP contribution in [-0.2, 0) is 0 Å². The lowest BCUT2D eigenvalue weighted by Crippen LogP contribution is -2.19. The molecule has 0 bridgehead atoms. The average molecular weight is 132 g/mol. The molecule has 0 saturated heterocycles. The third-order valence-electron chi connectivity index (χ3n) is 2.26. The minimum atomic E-state index is -0.182. The highest BCUT2D eigenvalue weighted by atomic mass is 14.3. The van der Waals surface area contributed by atoms with Gasteiger partial charge in [0, 0.05) is 0 Å². The fraction of sp³-hybridized carbons (Fsp3) is 0.600. The molecule has 1 fully saturated rings. The predicted molar refractivity (Wildman–Crippen MR) is 43.2 cm³/mol. The van der Waals surface area contributed by atoms with Gasteiger partial charge in [-0.1, -0.05) is 31.1 Å². The Labute approximate surface area is 63.0 Å². The van der Waals surface area contributed by atoms with Crippen molar-refractivity contribution in [1.29, 1.82) is 0 Å². The van der Waals surface area contributed by atoms with Crippen molar-refractivity contribution < 1.29 is 0 Å². The van der Waals surface area contributed by atoms with Gasteiger partial charge in [0.25, 0.3) is 0 Å². The van der Waals surface area contributed by atoms with E-state index in [-0.39, 0.29) is 5.41 Å². The summed E-state index contributed by atoms with van der Waals surface area (Å²) in [5, 5.41) is 0. The minimum absolute atomic E-state index is 0.182. The molecule has 0 aliphatic heterocycles. The lowest BCUT2D eigenvalue weighted by Gasteiger charge is -2.26. The van der Waals surface area contributed by atoms with Gasteiger partial charge in [-0.05, 0) is 12.8 Å². The lowest BCUT2D eigenvalue weighted by molar-refractivity contribution is 0.353. The summed E-state index contributed by atoms with van der Waals surface area (Å²) in [6.45, 7) is 0. The highest BCUT2D eigenvalue weighted by Gasteiger charge is 2.26. The molecule has 0 nitrogen and oxygen atoms in total. The second-order valence-corrected chi connectivity index (χ2v) is 2.93. The summed E-state index contributed by atoms with van der Waals surface area (Å²) >= 11 is 0. The van der Waals surface area contributed by atoms with Gasteiger partial charge in [0.15, 0.2) is 0 Å².